The number of hydrogen-bond donors (Lipinski definition) is 1. The molecule has 0 saturated heterocycles. The van der Waals surface area contributed by atoms with Crippen LogP contribution < -0.4 is 10.4 Å². The minimum atomic E-state index is -0.200. The van der Waals surface area contributed by atoms with Gasteiger partial charge in [-0.3, -0.25) is 0 Å². The summed E-state index contributed by atoms with van der Waals surface area (Å²) < 4.78 is 0. The molecule has 0 aromatic carbocycles. The van der Waals surface area contributed by atoms with Crippen LogP contribution in [0.2, 0.25) is 0 Å². The predicted octanol–water partition coefficient (Wildman–Crippen LogP) is 0.754. The fraction of sp³-hybridized carbons (Fsp3) is 0.667. The Balaban J connectivity index is 2.29. The Hall–Kier alpha value is -1.39. The second-order valence-corrected chi connectivity index (χ2v) is 3.27. The molecule has 1 rings (SSSR count). The fourth-order valence-electron chi connectivity index (χ4n) is 1.12. The van der Waals surface area contributed by atoms with E-state index in [1.54, 1.807) is 6.20 Å². The topological polar surface area (TPSA) is 61.1 Å². The van der Waals surface area contributed by atoms with Crippen molar-refractivity contribution in [1.82, 2.24) is 15.2 Å². The van der Waals surface area contributed by atoms with E-state index >= 15 is 0 Å². The Morgan fingerprint density at radius 1 is 1.64 bits per heavy atom. The number of rotatable bonds is 4. The van der Waals surface area contributed by atoms with Gasteiger partial charge in [0.25, 0.3) is 0 Å². The maximum Gasteiger partial charge on any atom is 0.398 e. The number of carbonyl (C=O) groups is 1. The number of aromatic amines is 1. The van der Waals surface area contributed by atoms with Gasteiger partial charge in [0.2, 0.25) is 5.69 Å². The molecule has 0 atom stereocenters. The summed E-state index contributed by atoms with van der Waals surface area (Å²) in [7, 11) is 0. The van der Waals surface area contributed by atoms with Gasteiger partial charge < -0.3 is 5.32 Å². The minimum Gasteiger partial charge on any atom is -0.332 e. The van der Waals surface area contributed by atoms with E-state index in [0.29, 0.717) is 6.54 Å². The van der Waals surface area contributed by atoms with E-state index in [0.717, 1.165) is 25.0 Å². The third-order valence-electron chi connectivity index (χ3n) is 1.90. The molecule has 1 amide bonds. The molecule has 14 heavy (non-hydrogen) atoms. The summed E-state index contributed by atoms with van der Waals surface area (Å²) in [6.45, 7) is 4.67. The summed E-state index contributed by atoms with van der Waals surface area (Å²) in [6, 6.07) is -0.200. The number of H-pyrrole nitrogens is 1. The first kappa shape index (κ1) is 10.7. The third kappa shape index (κ3) is 3.16. The van der Waals surface area contributed by atoms with Crippen molar-refractivity contribution in [2.45, 2.75) is 33.1 Å². The summed E-state index contributed by atoms with van der Waals surface area (Å²) in [5.74, 6) is 0. The van der Waals surface area contributed by atoms with Crippen LogP contribution in [-0.4, -0.2) is 22.5 Å². The van der Waals surface area contributed by atoms with Gasteiger partial charge in [0.15, 0.2) is 6.20 Å². The van der Waals surface area contributed by atoms with Crippen molar-refractivity contribution in [2.24, 2.45) is 0 Å². The van der Waals surface area contributed by atoms with Crippen molar-refractivity contribution in [2.75, 3.05) is 6.54 Å². The smallest absolute Gasteiger partial charge is 0.332 e. The summed E-state index contributed by atoms with van der Waals surface area (Å²) in [6.07, 6.45) is 5.00. The third-order valence-corrected chi connectivity index (χ3v) is 1.90. The van der Waals surface area contributed by atoms with Crippen LogP contribution in [0, 0.1) is 6.92 Å². The van der Waals surface area contributed by atoms with Crippen LogP contribution in [0.5, 0.6) is 0 Å². The van der Waals surface area contributed by atoms with Crippen LogP contribution in [0.1, 0.15) is 31.9 Å². The number of unbranched alkanes of at least 4 members (excludes halogenated alkanes) is 2. The average Bonchev–Trinajstić information content (AvgIpc) is 2.59. The Labute approximate surface area is 83.5 Å². The first-order chi connectivity index (χ1) is 6.74. The molecule has 0 aliphatic heterocycles. The minimum absolute atomic E-state index is 0.200. The molecule has 5 heteroatoms. The van der Waals surface area contributed by atoms with Crippen molar-refractivity contribution in [3.63, 3.8) is 0 Å². The molecule has 5 nitrogen and oxygen atoms in total. The summed E-state index contributed by atoms with van der Waals surface area (Å²) in [5.41, 5.74) is 0.800. The van der Waals surface area contributed by atoms with Gasteiger partial charge in [-0.15, -0.1) is 0 Å². The molecule has 0 radical (unpaired) electrons. The quantitative estimate of drug-likeness (QED) is 0.724. The van der Waals surface area contributed by atoms with Crippen molar-refractivity contribution in [1.29, 1.82) is 0 Å². The molecule has 2 N–H and O–H groups in total. The van der Waals surface area contributed by atoms with Crippen molar-refractivity contribution in [3.05, 3.63) is 11.9 Å². The molecular formula is C9H17N4O+. The molecule has 1 aromatic rings. The van der Waals surface area contributed by atoms with E-state index in [1.807, 2.05) is 6.92 Å². The molecule has 1 aromatic heterocycles. The number of aromatic nitrogens is 3. The highest BCUT2D eigenvalue weighted by Gasteiger charge is 2.12. The predicted molar refractivity (Wildman–Crippen MR) is 51.8 cm³/mol. The van der Waals surface area contributed by atoms with Crippen molar-refractivity contribution in [3.8, 4) is 0 Å². The van der Waals surface area contributed by atoms with Crippen LogP contribution in [-0.2, 0) is 0 Å². The lowest BCUT2D eigenvalue weighted by atomic mass is 10.2. The van der Waals surface area contributed by atoms with Gasteiger partial charge >= 0.3 is 6.03 Å². The molecule has 0 fully saturated rings. The second-order valence-electron chi connectivity index (χ2n) is 3.27. The molecule has 0 saturated carbocycles. The lowest BCUT2D eigenvalue weighted by molar-refractivity contribution is -0.478. The van der Waals surface area contributed by atoms with Crippen LogP contribution in [0.3, 0.4) is 0 Å². The second kappa shape index (κ2) is 5.36. The van der Waals surface area contributed by atoms with Gasteiger partial charge in [-0.2, -0.15) is 5.10 Å². The van der Waals surface area contributed by atoms with E-state index in [9.17, 15) is 4.79 Å². The van der Waals surface area contributed by atoms with Gasteiger partial charge in [0.05, 0.1) is 5.10 Å². The van der Waals surface area contributed by atoms with E-state index in [2.05, 4.69) is 22.4 Å². The molecule has 0 bridgehead atoms. The molecule has 78 valence electrons. The van der Waals surface area contributed by atoms with Gasteiger partial charge in [-0.25, -0.2) is 4.79 Å². The number of hydrogen-bond acceptors (Lipinski definition) is 2. The highest BCUT2D eigenvalue weighted by Crippen LogP contribution is 1.91. The highest BCUT2D eigenvalue weighted by atomic mass is 16.2. The van der Waals surface area contributed by atoms with Gasteiger partial charge in [0.1, 0.15) is 0 Å². The van der Waals surface area contributed by atoms with E-state index in [4.69, 9.17) is 0 Å². The Morgan fingerprint density at radius 2 is 2.43 bits per heavy atom. The standard InChI is InChI=1S/C9H16N4O/c1-3-4-5-6-10-9(14)13-11-7-8(2)12-13/h7H,3-6H2,1-2H3,(H,10,14)/p+1. The number of carbonyl (C=O) groups excluding carboxylic acids is 1. The molecular weight excluding hydrogens is 180 g/mol. The van der Waals surface area contributed by atoms with Crippen molar-refractivity contribution >= 4 is 6.03 Å². The first-order valence-electron chi connectivity index (χ1n) is 4.96. The van der Waals surface area contributed by atoms with Gasteiger partial charge in [-0.1, -0.05) is 19.8 Å². The molecule has 1 heterocycles. The Bertz CT molecular complexity index is 295. The monoisotopic (exact) mass is 197 g/mol. The maximum atomic E-state index is 11.4. The molecule has 0 aliphatic carbocycles. The largest absolute Gasteiger partial charge is 0.398 e. The summed E-state index contributed by atoms with van der Waals surface area (Å²) >= 11 is 0. The lowest BCUT2D eigenvalue weighted by Crippen LogP contribution is -2.37. The zero-order valence-corrected chi connectivity index (χ0v) is 8.71. The number of nitrogens with one attached hydrogen (secondary N) is 2. The highest BCUT2D eigenvalue weighted by molar-refractivity contribution is 5.73. The summed E-state index contributed by atoms with van der Waals surface area (Å²) in [4.78, 5) is 12.6. The number of amides is 1. The zero-order valence-electron chi connectivity index (χ0n) is 8.71. The number of nitrogens with zero attached hydrogens (tertiary/aromatic N) is 2. The zero-order chi connectivity index (χ0) is 10.4. The van der Waals surface area contributed by atoms with Gasteiger partial charge in [0, 0.05) is 18.3 Å². The number of aryl methyl sites for hydroxylation is 1. The average molecular weight is 197 g/mol. The van der Waals surface area contributed by atoms with Crippen molar-refractivity contribution < 1.29 is 9.89 Å². The lowest BCUT2D eigenvalue weighted by Gasteiger charge is -1.99. The Kier molecular flexibility index (Phi) is 4.10. The van der Waals surface area contributed by atoms with E-state index in [-0.39, 0.29) is 6.03 Å². The van der Waals surface area contributed by atoms with E-state index < -0.39 is 0 Å². The van der Waals surface area contributed by atoms with Crippen LogP contribution in [0.15, 0.2) is 6.20 Å². The maximum absolute atomic E-state index is 11.4. The normalized spacial score (nSPS) is 10.1. The Morgan fingerprint density at radius 3 is 3.00 bits per heavy atom. The fourth-order valence-corrected chi connectivity index (χ4v) is 1.12. The first-order valence-corrected chi connectivity index (χ1v) is 4.96. The van der Waals surface area contributed by atoms with Gasteiger partial charge in [-0.05, 0) is 6.42 Å². The van der Waals surface area contributed by atoms with Crippen LogP contribution in [0.25, 0.3) is 0 Å². The molecule has 0 aliphatic rings. The SMILES string of the molecule is CCCCCNC(=O)n1nc(C)c[nH+]1. The summed E-state index contributed by atoms with van der Waals surface area (Å²) in [5, 5.41) is 9.48. The van der Waals surface area contributed by atoms with Crippen LogP contribution in [0.4, 0.5) is 4.79 Å². The van der Waals surface area contributed by atoms with Crippen LogP contribution >= 0.6 is 0 Å². The molecule has 0 unspecified atom stereocenters. The molecule has 0 spiro atoms. The van der Waals surface area contributed by atoms with E-state index in [1.165, 1.54) is 4.80 Å².